The molecule has 0 spiro atoms. The van der Waals surface area contributed by atoms with Crippen LogP contribution < -0.4 is 10.2 Å². The highest BCUT2D eigenvalue weighted by Crippen LogP contribution is 2.65. The third kappa shape index (κ3) is 6.30. The second-order valence-electron chi connectivity index (χ2n) is 9.24. The first-order valence-corrected chi connectivity index (χ1v) is 13.7. The van der Waals surface area contributed by atoms with E-state index in [-0.39, 0.29) is 26.9 Å². The van der Waals surface area contributed by atoms with Crippen LogP contribution in [0, 0.1) is 28.9 Å². The Morgan fingerprint density at radius 1 is 1.00 bits per heavy atom. The fourth-order valence-electron chi connectivity index (χ4n) is 4.42. The van der Waals surface area contributed by atoms with Gasteiger partial charge in [0, 0.05) is 30.6 Å². The summed E-state index contributed by atoms with van der Waals surface area (Å²) in [4.78, 5) is 38.9. The molecule has 0 unspecified atom stereocenters. The number of halogens is 7. The van der Waals surface area contributed by atoms with E-state index in [1.165, 1.54) is 18.2 Å². The summed E-state index contributed by atoms with van der Waals surface area (Å²) in [5, 5.41) is 12.0. The topological polar surface area (TPSA) is 90.3 Å². The zero-order valence-corrected chi connectivity index (χ0v) is 24.7. The van der Waals surface area contributed by atoms with Gasteiger partial charge in [0.25, 0.3) is 0 Å². The van der Waals surface area contributed by atoms with E-state index in [4.69, 9.17) is 63.3 Å². The third-order valence-electron chi connectivity index (χ3n) is 6.61. The predicted octanol–water partition coefficient (Wildman–Crippen LogP) is 7.75. The quantitative estimate of drug-likeness (QED) is 0.198. The van der Waals surface area contributed by atoms with E-state index in [0.717, 1.165) is 19.2 Å². The lowest BCUT2D eigenvalue weighted by atomic mass is 10.0. The Labute approximate surface area is 258 Å². The zero-order valence-electron chi connectivity index (χ0n) is 21.0. The Hall–Kier alpha value is -2.93. The van der Waals surface area contributed by atoms with Gasteiger partial charge in [-0.2, -0.15) is 5.26 Å². The number of rotatable bonds is 8. The van der Waals surface area contributed by atoms with Crippen LogP contribution in [0.3, 0.4) is 0 Å². The molecule has 4 rings (SSSR count). The molecule has 6 nitrogen and oxygen atoms in total. The molecule has 1 N–H and O–H groups in total. The number of hydrogen-bond donors (Lipinski definition) is 1. The number of carbonyl (C=O) groups is 3. The van der Waals surface area contributed by atoms with Crippen molar-refractivity contribution in [3.05, 3.63) is 91.9 Å². The van der Waals surface area contributed by atoms with Gasteiger partial charge in [0.05, 0.1) is 27.1 Å². The van der Waals surface area contributed by atoms with Crippen LogP contribution in [0.15, 0.2) is 48.5 Å². The lowest BCUT2D eigenvalue weighted by Crippen LogP contribution is -2.28. The van der Waals surface area contributed by atoms with E-state index < -0.39 is 63.9 Å². The second-order valence-corrected chi connectivity index (χ2v) is 11.9. The molecule has 0 aliphatic heterocycles. The molecule has 1 saturated carbocycles. The Bertz CT molecular complexity index is 1630. The van der Waals surface area contributed by atoms with E-state index in [1.54, 1.807) is 24.3 Å². The fourth-order valence-corrected chi connectivity index (χ4v) is 5.77. The number of alkyl halides is 2. The molecular weight excluding hydrogens is 642 g/mol. The monoisotopic (exact) mass is 657 g/mol. The number of carbonyl (C=O) groups excluding carboxylic acids is 3. The minimum Gasteiger partial charge on any atom is -0.326 e. The first-order chi connectivity index (χ1) is 19.3. The van der Waals surface area contributed by atoms with Crippen molar-refractivity contribution in [2.75, 3.05) is 17.3 Å². The molecule has 0 aromatic heterocycles. The lowest BCUT2D eigenvalue weighted by Gasteiger charge is -2.19. The number of nitriles is 1. The fraction of sp³-hybridized carbons (Fsp3) is 0.214. The molecular formula is C28H18Cl5F2N3O3. The van der Waals surface area contributed by atoms with E-state index in [9.17, 15) is 18.8 Å². The van der Waals surface area contributed by atoms with Gasteiger partial charge in [0.15, 0.2) is 11.6 Å². The van der Waals surface area contributed by atoms with Gasteiger partial charge in [0.1, 0.15) is 22.3 Å². The van der Waals surface area contributed by atoms with Gasteiger partial charge in [-0.15, -0.1) is 23.2 Å². The van der Waals surface area contributed by atoms with Crippen LogP contribution >= 0.6 is 58.0 Å². The van der Waals surface area contributed by atoms with Crippen molar-refractivity contribution in [2.45, 2.75) is 23.1 Å². The number of ketones is 1. The molecule has 41 heavy (non-hydrogen) atoms. The summed E-state index contributed by atoms with van der Waals surface area (Å²) in [6.07, 6.45) is -1.12. The smallest absolute Gasteiger partial charge is 0.241 e. The standard InChI is InChI=1S/C28H18Cl5F2N3O3/c1-38(22(40)8-9-36)26-20(34)7-3-14(25(26)35)11-21(39)16-12-15(4-6-17(16)29)37-27(41)24-23(28(24,32)33)13-2-5-18(30)19(31)10-13/h2-7,10,12,23-24H,8,11H2,1H3,(H,37,41)/t23-,24+/m0/s1. The summed E-state index contributed by atoms with van der Waals surface area (Å²) in [5.41, 5.74) is -0.103. The molecule has 1 fully saturated rings. The molecule has 0 radical (unpaired) electrons. The summed E-state index contributed by atoms with van der Waals surface area (Å²) in [6.45, 7) is 0. The van der Waals surface area contributed by atoms with Gasteiger partial charge in [-0.25, -0.2) is 8.78 Å². The van der Waals surface area contributed by atoms with Crippen molar-refractivity contribution in [3.63, 3.8) is 0 Å². The van der Waals surface area contributed by atoms with Crippen molar-refractivity contribution in [1.82, 2.24) is 0 Å². The number of benzene rings is 3. The lowest BCUT2D eigenvalue weighted by molar-refractivity contribution is -0.118. The van der Waals surface area contributed by atoms with Gasteiger partial charge in [-0.3, -0.25) is 14.4 Å². The highest BCUT2D eigenvalue weighted by molar-refractivity contribution is 6.53. The average molecular weight is 660 g/mol. The van der Waals surface area contributed by atoms with Gasteiger partial charge >= 0.3 is 0 Å². The SMILES string of the molecule is CN(C(=O)CC#N)c1c(F)ccc(CC(=O)c2cc(NC(=O)[C@H]3[C@H](c4ccc(Cl)c(Cl)c4)C3(Cl)Cl)ccc2Cl)c1F. The number of nitrogens with one attached hydrogen (secondary N) is 1. The van der Waals surface area contributed by atoms with Crippen LogP contribution in [0.4, 0.5) is 20.2 Å². The molecule has 0 heterocycles. The highest BCUT2D eigenvalue weighted by atomic mass is 35.5. The molecule has 3 aromatic rings. The summed E-state index contributed by atoms with van der Waals surface area (Å²) >= 11 is 31.1. The zero-order chi connectivity index (χ0) is 30.2. The largest absolute Gasteiger partial charge is 0.326 e. The van der Waals surface area contributed by atoms with Crippen molar-refractivity contribution in [2.24, 2.45) is 5.92 Å². The molecule has 1 aliphatic rings. The van der Waals surface area contributed by atoms with E-state index in [0.29, 0.717) is 15.5 Å². The molecule has 0 bridgehead atoms. The minimum atomic E-state index is -1.41. The van der Waals surface area contributed by atoms with Crippen LogP contribution in [0.1, 0.15) is 33.8 Å². The van der Waals surface area contributed by atoms with E-state index >= 15 is 4.39 Å². The average Bonchev–Trinajstić information content (AvgIpc) is 3.50. The number of amides is 2. The van der Waals surface area contributed by atoms with E-state index in [1.807, 2.05) is 0 Å². The van der Waals surface area contributed by atoms with Crippen LogP contribution in [-0.4, -0.2) is 29.0 Å². The Kier molecular flexibility index (Phi) is 9.17. The molecule has 2 amide bonds. The van der Waals surface area contributed by atoms with Gasteiger partial charge in [-0.1, -0.05) is 46.9 Å². The van der Waals surface area contributed by atoms with Gasteiger partial charge in [-0.05, 0) is 47.5 Å². The third-order valence-corrected chi connectivity index (χ3v) is 8.62. The Morgan fingerprint density at radius 2 is 1.68 bits per heavy atom. The van der Waals surface area contributed by atoms with Crippen molar-refractivity contribution in [3.8, 4) is 6.07 Å². The van der Waals surface area contributed by atoms with Crippen LogP contribution in [0.25, 0.3) is 0 Å². The predicted molar refractivity (Wildman–Crippen MR) is 155 cm³/mol. The van der Waals surface area contributed by atoms with Crippen LogP contribution in [0.2, 0.25) is 15.1 Å². The Morgan fingerprint density at radius 3 is 2.34 bits per heavy atom. The molecule has 2 atom stereocenters. The van der Waals surface area contributed by atoms with Crippen molar-refractivity contribution >= 4 is 87.0 Å². The maximum atomic E-state index is 15.2. The molecule has 212 valence electrons. The minimum absolute atomic E-state index is 0.0289. The number of Topliss-reactive ketones (excluding diaryl/α,β-unsaturated/α-hetero) is 1. The first-order valence-electron chi connectivity index (χ1n) is 11.8. The molecule has 0 saturated heterocycles. The number of hydrogen-bond acceptors (Lipinski definition) is 4. The highest BCUT2D eigenvalue weighted by Gasteiger charge is 2.67. The van der Waals surface area contributed by atoms with Gasteiger partial charge < -0.3 is 10.2 Å². The molecule has 13 heteroatoms. The van der Waals surface area contributed by atoms with Crippen LogP contribution in [0.5, 0.6) is 0 Å². The van der Waals surface area contributed by atoms with Crippen molar-refractivity contribution in [1.29, 1.82) is 5.26 Å². The van der Waals surface area contributed by atoms with Crippen LogP contribution in [-0.2, 0) is 16.0 Å². The first kappa shape index (κ1) is 31.0. The molecule has 3 aromatic carbocycles. The van der Waals surface area contributed by atoms with E-state index in [2.05, 4.69) is 5.32 Å². The number of anilines is 2. The number of nitrogens with zero attached hydrogens (tertiary/aromatic N) is 2. The Balaban J connectivity index is 1.53. The summed E-state index contributed by atoms with van der Waals surface area (Å²) in [7, 11) is 1.12. The molecule has 1 aliphatic carbocycles. The van der Waals surface area contributed by atoms with Crippen molar-refractivity contribution < 1.29 is 23.2 Å². The summed E-state index contributed by atoms with van der Waals surface area (Å²) in [5.74, 6) is -5.56. The van der Waals surface area contributed by atoms with Gasteiger partial charge in [0.2, 0.25) is 11.8 Å². The maximum Gasteiger partial charge on any atom is 0.241 e. The summed E-state index contributed by atoms with van der Waals surface area (Å²) in [6, 6.07) is 12.6. The normalized spacial score (nSPS) is 17.0. The second kappa shape index (κ2) is 12.1. The summed E-state index contributed by atoms with van der Waals surface area (Å²) < 4.78 is 28.2. The maximum absolute atomic E-state index is 15.2.